The number of anilines is 1. The van der Waals surface area contributed by atoms with E-state index in [-0.39, 0.29) is 11.5 Å². The normalized spacial score (nSPS) is 10.3. The van der Waals surface area contributed by atoms with Gasteiger partial charge in [-0.2, -0.15) is 0 Å². The molecule has 0 atom stereocenters. The lowest BCUT2D eigenvalue weighted by molar-refractivity contribution is -0.384. The van der Waals surface area contributed by atoms with Crippen LogP contribution in [-0.2, 0) is 13.2 Å². The van der Waals surface area contributed by atoms with Gasteiger partial charge in [-0.25, -0.2) is 4.39 Å². The molecule has 0 spiro atoms. The molecule has 5 nitrogen and oxygen atoms in total. The lowest BCUT2D eigenvalue weighted by atomic mass is 10.2. The molecule has 0 fully saturated rings. The average Bonchev–Trinajstić information content (AvgIpc) is 2.67. The van der Waals surface area contributed by atoms with Gasteiger partial charge in [0.25, 0.3) is 5.69 Å². The SMILES string of the molecule is O=[N+]([O-])c1ccc(COc2ccccc2CNc2ccc(F)cc2)cc1. The van der Waals surface area contributed by atoms with Crippen molar-refractivity contribution in [2.75, 3.05) is 5.32 Å². The number of nitrogens with zero attached hydrogens (tertiary/aromatic N) is 1. The van der Waals surface area contributed by atoms with E-state index in [1.165, 1.54) is 24.3 Å². The average molecular weight is 352 g/mol. The molecule has 3 rings (SSSR count). The second-order valence-electron chi connectivity index (χ2n) is 5.68. The van der Waals surface area contributed by atoms with Crippen LogP contribution in [0.1, 0.15) is 11.1 Å². The fourth-order valence-electron chi connectivity index (χ4n) is 2.43. The predicted octanol–water partition coefficient (Wildman–Crippen LogP) is 4.93. The zero-order valence-electron chi connectivity index (χ0n) is 13.9. The molecular formula is C20H17FN2O3. The fraction of sp³-hybridized carbons (Fsp3) is 0.100. The summed E-state index contributed by atoms with van der Waals surface area (Å²) in [7, 11) is 0. The molecule has 6 heteroatoms. The number of benzene rings is 3. The number of hydrogen-bond acceptors (Lipinski definition) is 4. The van der Waals surface area contributed by atoms with Gasteiger partial charge in [0.05, 0.1) is 4.92 Å². The summed E-state index contributed by atoms with van der Waals surface area (Å²) in [5, 5.41) is 13.9. The largest absolute Gasteiger partial charge is 0.489 e. The second kappa shape index (κ2) is 8.11. The van der Waals surface area contributed by atoms with E-state index in [4.69, 9.17) is 4.74 Å². The topological polar surface area (TPSA) is 64.4 Å². The summed E-state index contributed by atoms with van der Waals surface area (Å²) in [5.41, 5.74) is 2.67. The summed E-state index contributed by atoms with van der Waals surface area (Å²) >= 11 is 0. The summed E-state index contributed by atoms with van der Waals surface area (Å²) in [5.74, 6) is 0.447. The summed E-state index contributed by atoms with van der Waals surface area (Å²) in [6.45, 7) is 0.841. The van der Waals surface area contributed by atoms with E-state index in [2.05, 4.69) is 5.32 Å². The number of hydrogen-bond donors (Lipinski definition) is 1. The molecule has 0 aromatic heterocycles. The van der Waals surface area contributed by atoms with Crippen molar-refractivity contribution in [3.8, 4) is 5.75 Å². The minimum absolute atomic E-state index is 0.0534. The van der Waals surface area contributed by atoms with Crippen molar-refractivity contribution in [2.45, 2.75) is 13.2 Å². The maximum Gasteiger partial charge on any atom is 0.269 e. The van der Waals surface area contributed by atoms with E-state index in [9.17, 15) is 14.5 Å². The lowest BCUT2D eigenvalue weighted by Gasteiger charge is -2.13. The predicted molar refractivity (Wildman–Crippen MR) is 97.6 cm³/mol. The standard InChI is InChI=1S/C20H17FN2O3/c21-17-7-9-18(10-8-17)22-13-16-3-1-2-4-20(16)26-14-15-5-11-19(12-6-15)23(24)25/h1-12,22H,13-14H2. The number of ether oxygens (including phenoxy) is 1. The minimum Gasteiger partial charge on any atom is -0.489 e. The van der Waals surface area contributed by atoms with Crippen molar-refractivity contribution >= 4 is 11.4 Å². The van der Waals surface area contributed by atoms with Gasteiger partial charge in [-0.15, -0.1) is 0 Å². The Hall–Kier alpha value is -3.41. The fourth-order valence-corrected chi connectivity index (χ4v) is 2.43. The highest BCUT2D eigenvalue weighted by Crippen LogP contribution is 2.21. The van der Waals surface area contributed by atoms with Crippen molar-refractivity contribution in [3.63, 3.8) is 0 Å². The molecular weight excluding hydrogens is 335 g/mol. The van der Waals surface area contributed by atoms with Crippen LogP contribution in [0.4, 0.5) is 15.8 Å². The van der Waals surface area contributed by atoms with Gasteiger partial charge in [0.2, 0.25) is 0 Å². The number of non-ortho nitro benzene ring substituents is 1. The van der Waals surface area contributed by atoms with Gasteiger partial charge >= 0.3 is 0 Å². The van der Waals surface area contributed by atoms with Crippen molar-refractivity contribution in [1.29, 1.82) is 0 Å². The number of nitro groups is 1. The third kappa shape index (κ3) is 4.57. The van der Waals surface area contributed by atoms with Gasteiger partial charge in [-0.3, -0.25) is 10.1 Å². The van der Waals surface area contributed by atoms with Gasteiger partial charge in [-0.05, 0) is 48.0 Å². The summed E-state index contributed by atoms with van der Waals surface area (Å²) in [6, 6.07) is 20.0. The molecule has 0 bridgehead atoms. The quantitative estimate of drug-likeness (QED) is 0.484. The third-order valence-electron chi connectivity index (χ3n) is 3.84. The molecule has 0 aliphatic carbocycles. The van der Waals surface area contributed by atoms with Crippen LogP contribution in [0.25, 0.3) is 0 Å². The molecule has 3 aromatic rings. The molecule has 0 aliphatic heterocycles. The van der Waals surface area contributed by atoms with E-state index < -0.39 is 4.92 Å². The first kappa shape index (κ1) is 17.4. The highest BCUT2D eigenvalue weighted by atomic mass is 19.1. The molecule has 0 saturated carbocycles. The first-order chi connectivity index (χ1) is 12.6. The number of para-hydroxylation sites is 1. The second-order valence-corrected chi connectivity index (χ2v) is 5.68. The zero-order valence-corrected chi connectivity index (χ0v) is 13.9. The monoisotopic (exact) mass is 352 g/mol. The number of halogens is 1. The Morgan fingerprint density at radius 3 is 2.35 bits per heavy atom. The molecule has 0 unspecified atom stereocenters. The molecule has 0 heterocycles. The van der Waals surface area contributed by atoms with Crippen molar-refractivity contribution in [2.24, 2.45) is 0 Å². The van der Waals surface area contributed by atoms with Gasteiger partial charge < -0.3 is 10.1 Å². The van der Waals surface area contributed by atoms with Crippen LogP contribution >= 0.6 is 0 Å². The molecule has 0 saturated heterocycles. The van der Waals surface area contributed by atoms with Crippen molar-refractivity contribution in [3.05, 3.63) is 99.9 Å². The molecule has 26 heavy (non-hydrogen) atoms. The Bertz CT molecular complexity index is 880. The van der Waals surface area contributed by atoms with Crippen LogP contribution < -0.4 is 10.1 Å². The first-order valence-electron chi connectivity index (χ1n) is 8.05. The smallest absolute Gasteiger partial charge is 0.269 e. The summed E-state index contributed by atoms with van der Waals surface area (Å²) in [6.07, 6.45) is 0. The van der Waals surface area contributed by atoms with Crippen LogP contribution in [0, 0.1) is 15.9 Å². The van der Waals surface area contributed by atoms with Gasteiger partial charge in [0.15, 0.2) is 0 Å². The highest BCUT2D eigenvalue weighted by molar-refractivity contribution is 5.45. The maximum absolute atomic E-state index is 13.0. The molecule has 0 aliphatic rings. The van der Waals surface area contributed by atoms with Gasteiger partial charge in [-0.1, -0.05) is 18.2 Å². The van der Waals surface area contributed by atoms with E-state index in [0.717, 1.165) is 22.6 Å². The van der Waals surface area contributed by atoms with E-state index in [1.807, 2.05) is 24.3 Å². The van der Waals surface area contributed by atoms with Crippen LogP contribution in [0.3, 0.4) is 0 Å². The van der Waals surface area contributed by atoms with Gasteiger partial charge in [0.1, 0.15) is 18.2 Å². The molecule has 3 aromatic carbocycles. The Balaban J connectivity index is 1.63. The van der Waals surface area contributed by atoms with Crippen LogP contribution in [0.5, 0.6) is 5.75 Å². The van der Waals surface area contributed by atoms with E-state index in [0.29, 0.717) is 13.2 Å². The third-order valence-corrected chi connectivity index (χ3v) is 3.84. The lowest BCUT2D eigenvalue weighted by Crippen LogP contribution is -2.03. The van der Waals surface area contributed by atoms with Crippen molar-refractivity contribution in [1.82, 2.24) is 0 Å². The van der Waals surface area contributed by atoms with Gasteiger partial charge in [0, 0.05) is 29.9 Å². The van der Waals surface area contributed by atoms with E-state index in [1.54, 1.807) is 24.3 Å². The number of nitrogens with one attached hydrogen (secondary N) is 1. The number of rotatable bonds is 7. The number of nitro benzene ring substituents is 1. The Labute approximate surface area is 150 Å². The Kier molecular flexibility index (Phi) is 5.43. The molecule has 0 radical (unpaired) electrons. The highest BCUT2D eigenvalue weighted by Gasteiger charge is 2.06. The molecule has 0 amide bonds. The zero-order chi connectivity index (χ0) is 18.4. The summed E-state index contributed by atoms with van der Waals surface area (Å²) < 4.78 is 18.8. The van der Waals surface area contributed by atoms with E-state index >= 15 is 0 Å². The molecule has 132 valence electrons. The Morgan fingerprint density at radius 2 is 1.65 bits per heavy atom. The van der Waals surface area contributed by atoms with Crippen LogP contribution in [0.2, 0.25) is 0 Å². The first-order valence-corrected chi connectivity index (χ1v) is 8.05. The maximum atomic E-state index is 13.0. The minimum atomic E-state index is -0.430. The Morgan fingerprint density at radius 1 is 0.962 bits per heavy atom. The van der Waals surface area contributed by atoms with Crippen molar-refractivity contribution < 1.29 is 14.1 Å². The summed E-state index contributed by atoms with van der Waals surface area (Å²) in [4.78, 5) is 10.3. The van der Waals surface area contributed by atoms with Crippen LogP contribution in [-0.4, -0.2) is 4.92 Å². The van der Waals surface area contributed by atoms with Crippen LogP contribution in [0.15, 0.2) is 72.8 Å². The molecule has 1 N–H and O–H groups in total.